The van der Waals surface area contributed by atoms with Crippen molar-refractivity contribution >= 4 is 5.97 Å². The second-order valence-corrected chi connectivity index (χ2v) is 6.43. The maximum atomic E-state index is 12.0. The van der Waals surface area contributed by atoms with Crippen LogP contribution < -0.4 is 0 Å². The molecule has 0 spiro atoms. The van der Waals surface area contributed by atoms with Crippen molar-refractivity contribution in [1.29, 1.82) is 0 Å². The number of carbonyl (C=O) groups is 1. The zero-order chi connectivity index (χ0) is 19.0. The Kier molecular flexibility index (Phi) is 15.1. The smallest absolute Gasteiger partial charge is 0.311 e. The van der Waals surface area contributed by atoms with Crippen LogP contribution in [-0.2, 0) is 28.5 Å². The highest BCUT2D eigenvalue weighted by Gasteiger charge is 2.26. The van der Waals surface area contributed by atoms with Gasteiger partial charge in [-0.3, -0.25) is 9.69 Å². The zero-order valence-corrected chi connectivity index (χ0v) is 16.7. The van der Waals surface area contributed by atoms with Crippen molar-refractivity contribution in [3.8, 4) is 0 Å². The van der Waals surface area contributed by atoms with Gasteiger partial charge in [0.2, 0.25) is 0 Å². The number of nitrogens with zero attached hydrogens (tertiary/aromatic N) is 1. The van der Waals surface area contributed by atoms with Crippen LogP contribution in [0, 0.1) is 5.41 Å². The van der Waals surface area contributed by atoms with E-state index in [1.165, 1.54) is 0 Å². The molecule has 0 saturated carbocycles. The second-order valence-electron chi connectivity index (χ2n) is 6.43. The van der Waals surface area contributed by atoms with Crippen molar-refractivity contribution < 1.29 is 28.5 Å². The summed E-state index contributed by atoms with van der Waals surface area (Å²) in [5.41, 5.74) is -0.433. The normalized spacial score (nSPS) is 11.9. The number of esters is 1. The molecule has 25 heavy (non-hydrogen) atoms. The third kappa shape index (κ3) is 13.2. The van der Waals surface area contributed by atoms with E-state index >= 15 is 0 Å². The Labute approximate surface area is 152 Å². The number of rotatable bonds is 17. The monoisotopic (exact) mass is 363 g/mol. The number of methoxy groups -OCH3 is 2. The van der Waals surface area contributed by atoms with Crippen molar-refractivity contribution in [2.24, 2.45) is 5.41 Å². The van der Waals surface area contributed by atoms with Crippen molar-refractivity contribution in [3.63, 3.8) is 0 Å². The minimum Gasteiger partial charge on any atom is -0.464 e. The minimum absolute atomic E-state index is 0.150. The molecule has 0 unspecified atom stereocenters. The Hall–Kier alpha value is -0.730. The molecule has 0 aromatic rings. The summed E-state index contributed by atoms with van der Waals surface area (Å²) >= 11 is 0. The van der Waals surface area contributed by atoms with Gasteiger partial charge in [0.05, 0.1) is 45.1 Å². The van der Waals surface area contributed by atoms with Crippen LogP contribution in [0.1, 0.15) is 27.2 Å². The molecule has 7 heteroatoms. The molecule has 0 atom stereocenters. The van der Waals surface area contributed by atoms with Crippen LogP contribution in [0.15, 0.2) is 0 Å². The first-order valence-corrected chi connectivity index (χ1v) is 9.00. The van der Waals surface area contributed by atoms with E-state index < -0.39 is 5.41 Å². The van der Waals surface area contributed by atoms with Gasteiger partial charge in [0, 0.05) is 33.9 Å². The van der Waals surface area contributed by atoms with Gasteiger partial charge in [-0.25, -0.2) is 0 Å². The van der Waals surface area contributed by atoms with Crippen molar-refractivity contribution in [2.45, 2.75) is 27.2 Å². The molecule has 7 nitrogen and oxygen atoms in total. The summed E-state index contributed by atoms with van der Waals surface area (Å²) < 4.78 is 26.4. The van der Waals surface area contributed by atoms with E-state index in [1.807, 2.05) is 20.8 Å². The lowest BCUT2D eigenvalue weighted by Gasteiger charge is -2.24. The molecule has 0 amide bonds. The average Bonchev–Trinajstić information content (AvgIpc) is 2.60. The Bertz CT molecular complexity index is 311. The van der Waals surface area contributed by atoms with E-state index in [9.17, 15) is 4.79 Å². The molecule has 0 saturated heterocycles. The van der Waals surface area contributed by atoms with Crippen LogP contribution >= 0.6 is 0 Å². The van der Waals surface area contributed by atoms with Gasteiger partial charge in [-0.1, -0.05) is 6.92 Å². The second kappa shape index (κ2) is 15.5. The highest BCUT2D eigenvalue weighted by atomic mass is 16.5. The molecule has 0 radical (unpaired) electrons. The molecule has 0 aromatic heterocycles. The number of hydrogen-bond donors (Lipinski definition) is 0. The number of ether oxygens (including phenoxy) is 5. The summed E-state index contributed by atoms with van der Waals surface area (Å²) in [6, 6.07) is 0. The van der Waals surface area contributed by atoms with E-state index in [0.29, 0.717) is 52.8 Å². The van der Waals surface area contributed by atoms with E-state index in [1.54, 1.807) is 14.2 Å². The summed E-state index contributed by atoms with van der Waals surface area (Å²) in [6.45, 7) is 11.9. The molecule has 0 fully saturated rings. The molecule has 0 rings (SSSR count). The third-order valence-electron chi connectivity index (χ3n) is 4.04. The van der Waals surface area contributed by atoms with Gasteiger partial charge >= 0.3 is 5.97 Å². The van der Waals surface area contributed by atoms with Crippen molar-refractivity contribution in [3.05, 3.63) is 0 Å². The molecule has 0 heterocycles. The average molecular weight is 363 g/mol. The summed E-state index contributed by atoms with van der Waals surface area (Å²) in [7, 11) is 3.30. The van der Waals surface area contributed by atoms with Crippen molar-refractivity contribution in [2.75, 3.05) is 80.1 Å². The van der Waals surface area contributed by atoms with Gasteiger partial charge in [-0.05, 0) is 20.3 Å². The fourth-order valence-electron chi connectivity index (χ4n) is 1.82. The van der Waals surface area contributed by atoms with Crippen molar-refractivity contribution in [1.82, 2.24) is 4.90 Å². The maximum absolute atomic E-state index is 12.0. The summed E-state index contributed by atoms with van der Waals surface area (Å²) in [5, 5.41) is 0. The molecule has 0 bridgehead atoms. The zero-order valence-electron chi connectivity index (χ0n) is 16.7. The standard InChI is InChI=1S/C18H37NO6/c1-6-18(2,3)17(20)25-12-9-19(7-10-23-15-13-21-4)8-11-24-16-14-22-5/h6-16H2,1-5H3. The fraction of sp³-hybridized carbons (Fsp3) is 0.944. The number of carbonyl (C=O) groups excluding carboxylic acids is 1. The van der Waals surface area contributed by atoms with Gasteiger partial charge in [0.15, 0.2) is 0 Å². The first-order chi connectivity index (χ1) is 12.0. The van der Waals surface area contributed by atoms with Crippen LogP contribution in [0.3, 0.4) is 0 Å². The highest BCUT2D eigenvalue weighted by molar-refractivity contribution is 5.75. The Morgan fingerprint density at radius 3 is 1.72 bits per heavy atom. The lowest BCUT2D eigenvalue weighted by Crippen LogP contribution is -2.36. The Balaban J connectivity index is 4.11. The van der Waals surface area contributed by atoms with Gasteiger partial charge in [-0.15, -0.1) is 0 Å². The molecule has 0 aliphatic rings. The van der Waals surface area contributed by atoms with Crippen LogP contribution in [-0.4, -0.2) is 91.0 Å². The predicted molar refractivity (Wildman–Crippen MR) is 96.9 cm³/mol. The summed E-state index contributed by atoms with van der Waals surface area (Å²) in [6.07, 6.45) is 0.760. The molecular formula is C18H37NO6. The molecule has 0 aliphatic carbocycles. The molecule has 0 aliphatic heterocycles. The SMILES string of the molecule is CCC(C)(C)C(=O)OCCN(CCOCCOC)CCOCCOC. The Morgan fingerprint density at radius 1 is 0.800 bits per heavy atom. The van der Waals surface area contributed by atoms with Crippen LogP contribution in [0.4, 0.5) is 0 Å². The minimum atomic E-state index is -0.433. The first-order valence-electron chi connectivity index (χ1n) is 9.00. The lowest BCUT2D eigenvalue weighted by molar-refractivity contribution is -0.154. The van der Waals surface area contributed by atoms with E-state index in [-0.39, 0.29) is 5.97 Å². The highest BCUT2D eigenvalue weighted by Crippen LogP contribution is 2.21. The van der Waals surface area contributed by atoms with Gasteiger partial charge < -0.3 is 23.7 Å². The van der Waals surface area contributed by atoms with Crippen LogP contribution in [0.25, 0.3) is 0 Å². The van der Waals surface area contributed by atoms with Gasteiger partial charge in [0.1, 0.15) is 6.61 Å². The molecule has 0 N–H and O–H groups in total. The van der Waals surface area contributed by atoms with E-state index in [0.717, 1.165) is 19.5 Å². The summed E-state index contributed by atoms with van der Waals surface area (Å²) in [4.78, 5) is 14.2. The third-order valence-corrected chi connectivity index (χ3v) is 4.04. The van der Waals surface area contributed by atoms with Crippen LogP contribution in [0.5, 0.6) is 0 Å². The first kappa shape index (κ1) is 24.3. The largest absolute Gasteiger partial charge is 0.464 e. The fourth-order valence-corrected chi connectivity index (χ4v) is 1.82. The van der Waals surface area contributed by atoms with Crippen LogP contribution in [0.2, 0.25) is 0 Å². The lowest BCUT2D eigenvalue weighted by atomic mass is 9.91. The Morgan fingerprint density at radius 2 is 1.28 bits per heavy atom. The molecule has 0 aromatic carbocycles. The predicted octanol–water partition coefficient (Wildman–Crippen LogP) is 1.59. The van der Waals surface area contributed by atoms with Gasteiger partial charge in [-0.2, -0.15) is 0 Å². The molecular weight excluding hydrogens is 326 g/mol. The van der Waals surface area contributed by atoms with E-state index in [4.69, 9.17) is 23.7 Å². The number of hydrogen-bond acceptors (Lipinski definition) is 7. The summed E-state index contributed by atoms with van der Waals surface area (Å²) in [5.74, 6) is -0.150. The van der Waals surface area contributed by atoms with Gasteiger partial charge in [0.25, 0.3) is 0 Å². The quantitative estimate of drug-likeness (QED) is 0.287. The topological polar surface area (TPSA) is 66.5 Å². The van der Waals surface area contributed by atoms with E-state index in [2.05, 4.69) is 4.90 Å². The molecule has 150 valence electrons. The maximum Gasteiger partial charge on any atom is 0.311 e.